The van der Waals surface area contributed by atoms with Crippen LogP contribution in [0.4, 0.5) is 5.69 Å². The van der Waals surface area contributed by atoms with Gasteiger partial charge >= 0.3 is 0 Å². The summed E-state index contributed by atoms with van der Waals surface area (Å²) in [5.74, 6) is 0. The summed E-state index contributed by atoms with van der Waals surface area (Å²) in [4.78, 5) is 0. The third-order valence-corrected chi connectivity index (χ3v) is 3.75. The van der Waals surface area contributed by atoms with E-state index >= 15 is 0 Å². The van der Waals surface area contributed by atoms with E-state index in [4.69, 9.17) is 11.0 Å². The topological polar surface area (TPSA) is 67.6 Å². The lowest BCUT2D eigenvalue weighted by atomic mass is 10.2. The number of anilines is 1. The van der Waals surface area contributed by atoms with Gasteiger partial charge in [-0.1, -0.05) is 0 Å². The van der Waals surface area contributed by atoms with E-state index in [9.17, 15) is 0 Å². The summed E-state index contributed by atoms with van der Waals surface area (Å²) < 4.78 is 2.77. The fraction of sp³-hybridized carbons (Fsp3) is 0.167. The molecule has 0 saturated carbocycles. The molecule has 2 rings (SSSR count). The molecule has 0 aliphatic carbocycles. The van der Waals surface area contributed by atoms with Gasteiger partial charge in [-0.2, -0.15) is 10.4 Å². The Hall–Kier alpha value is -1.80. The first-order valence-electron chi connectivity index (χ1n) is 5.06. The molecule has 1 aromatic carbocycles. The van der Waals surface area contributed by atoms with Gasteiger partial charge in [0.05, 0.1) is 27.1 Å². The van der Waals surface area contributed by atoms with Crippen LogP contribution in [0.5, 0.6) is 0 Å². The molecule has 86 valence electrons. The third-order valence-electron chi connectivity index (χ3n) is 2.60. The zero-order valence-electron chi connectivity index (χ0n) is 9.53. The van der Waals surface area contributed by atoms with E-state index < -0.39 is 0 Å². The highest BCUT2D eigenvalue weighted by atomic mass is 79.9. The van der Waals surface area contributed by atoms with Gasteiger partial charge in [0.25, 0.3) is 0 Å². The predicted octanol–water partition coefficient (Wildman–Crippen LogP) is 2.71. The lowest BCUT2D eigenvalue weighted by Gasteiger charge is -2.06. The highest BCUT2D eigenvalue weighted by Crippen LogP contribution is 2.24. The number of nitrogens with zero attached hydrogens (tertiary/aromatic N) is 3. The van der Waals surface area contributed by atoms with Crippen molar-refractivity contribution in [2.24, 2.45) is 0 Å². The maximum Gasteiger partial charge on any atom is 0.101 e. The summed E-state index contributed by atoms with van der Waals surface area (Å²) in [6.07, 6.45) is 0. The van der Waals surface area contributed by atoms with E-state index in [0.717, 1.165) is 21.5 Å². The van der Waals surface area contributed by atoms with Gasteiger partial charge in [-0.25, -0.2) is 4.68 Å². The highest BCUT2D eigenvalue weighted by molar-refractivity contribution is 9.10. The minimum Gasteiger partial charge on any atom is -0.398 e. The summed E-state index contributed by atoms with van der Waals surface area (Å²) >= 11 is 3.47. The summed E-state index contributed by atoms with van der Waals surface area (Å²) in [6, 6.07) is 7.38. The van der Waals surface area contributed by atoms with Crippen LogP contribution in [0.2, 0.25) is 0 Å². The van der Waals surface area contributed by atoms with Crippen LogP contribution in [0.15, 0.2) is 22.7 Å². The number of nitriles is 1. The Morgan fingerprint density at radius 2 is 2.12 bits per heavy atom. The van der Waals surface area contributed by atoms with Crippen LogP contribution in [0.1, 0.15) is 17.0 Å². The van der Waals surface area contributed by atoms with Gasteiger partial charge in [0.2, 0.25) is 0 Å². The molecule has 0 spiro atoms. The molecule has 17 heavy (non-hydrogen) atoms. The van der Waals surface area contributed by atoms with Crippen molar-refractivity contribution in [3.05, 3.63) is 39.6 Å². The highest BCUT2D eigenvalue weighted by Gasteiger charge is 2.11. The minimum atomic E-state index is 0.464. The summed E-state index contributed by atoms with van der Waals surface area (Å²) in [7, 11) is 0. The molecule has 1 aromatic heterocycles. The number of hydrogen-bond acceptors (Lipinski definition) is 3. The quantitative estimate of drug-likeness (QED) is 0.821. The maximum atomic E-state index is 8.95. The number of benzene rings is 1. The third kappa shape index (κ3) is 1.92. The van der Waals surface area contributed by atoms with Crippen molar-refractivity contribution in [3.63, 3.8) is 0 Å². The van der Waals surface area contributed by atoms with E-state index in [1.165, 1.54) is 0 Å². The van der Waals surface area contributed by atoms with Crippen LogP contribution in [0.25, 0.3) is 5.69 Å². The maximum absolute atomic E-state index is 8.95. The van der Waals surface area contributed by atoms with E-state index in [2.05, 4.69) is 27.1 Å². The summed E-state index contributed by atoms with van der Waals surface area (Å²) in [5, 5.41) is 13.4. The largest absolute Gasteiger partial charge is 0.398 e. The summed E-state index contributed by atoms with van der Waals surface area (Å²) in [5.41, 5.74) is 9.38. The Morgan fingerprint density at radius 1 is 1.41 bits per heavy atom. The molecule has 0 aliphatic rings. The zero-order chi connectivity index (χ0) is 12.6. The lowest BCUT2D eigenvalue weighted by Crippen LogP contribution is -2.01. The lowest BCUT2D eigenvalue weighted by molar-refractivity contribution is 0.833. The molecular weight excluding hydrogens is 280 g/mol. The summed E-state index contributed by atoms with van der Waals surface area (Å²) in [6.45, 7) is 3.89. The Balaban J connectivity index is 2.62. The molecule has 0 aliphatic heterocycles. The first-order chi connectivity index (χ1) is 8.04. The normalized spacial score (nSPS) is 10.2. The van der Waals surface area contributed by atoms with E-state index in [0.29, 0.717) is 11.3 Å². The predicted molar refractivity (Wildman–Crippen MR) is 69.9 cm³/mol. The van der Waals surface area contributed by atoms with E-state index in [1.807, 2.05) is 19.9 Å². The van der Waals surface area contributed by atoms with Crippen LogP contribution in [0, 0.1) is 25.2 Å². The Kier molecular flexibility index (Phi) is 2.90. The number of nitrogens with two attached hydrogens (primary N) is 1. The molecule has 5 heteroatoms. The van der Waals surface area contributed by atoms with Crippen molar-refractivity contribution in [3.8, 4) is 11.8 Å². The first-order valence-corrected chi connectivity index (χ1v) is 5.85. The van der Waals surface area contributed by atoms with Gasteiger partial charge in [0, 0.05) is 5.69 Å². The van der Waals surface area contributed by atoms with Crippen molar-refractivity contribution >= 4 is 21.6 Å². The number of aromatic nitrogens is 2. The van der Waals surface area contributed by atoms with Crippen LogP contribution in [0.3, 0.4) is 0 Å². The van der Waals surface area contributed by atoms with E-state index in [1.54, 1.807) is 16.8 Å². The molecule has 0 bridgehead atoms. The monoisotopic (exact) mass is 290 g/mol. The standard InChI is InChI=1S/C12H11BrN4/c1-7-12(13)8(2)17(16-7)10-3-4-11(15)9(5-10)6-14/h3-5H,15H2,1-2H3. The molecule has 0 saturated heterocycles. The van der Waals surface area contributed by atoms with Gasteiger partial charge < -0.3 is 5.73 Å². The van der Waals surface area contributed by atoms with Crippen molar-refractivity contribution < 1.29 is 0 Å². The average Bonchev–Trinajstić information content (AvgIpc) is 2.58. The molecule has 0 fully saturated rings. The van der Waals surface area contributed by atoms with Gasteiger partial charge in [-0.05, 0) is 48.0 Å². The second-order valence-corrected chi connectivity index (χ2v) is 4.57. The number of halogens is 1. The van der Waals surface area contributed by atoms with Crippen LogP contribution in [-0.4, -0.2) is 9.78 Å². The minimum absolute atomic E-state index is 0.464. The fourth-order valence-electron chi connectivity index (χ4n) is 1.65. The Labute approximate surface area is 108 Å². The molecule has 0 amide bonds. The second-order valence-electron chi connectivity index (χ2n) is 3.78. The molecular formula is C12H11BrN4. The zero-order valence-corrected chi connectivity index (χ0v) is 11.1. The SMILES string of the molecule is Cc1nn(-c2ccc(N)c(C#N)c2)c(C)c1Br. The van der Waals surface area contributed by atoms with Gasteiger partial charge in [0.15, 0.2) is 0 Å². The second kappa shape index (κ2) is 4.22. The molecule has 2 aromatic rings. The fourth-order valence-corrected chi connectivity index (χ4v) is 1.90. The van der Waals surface area contributed by atoms with Crippen molar-refractivity contribution in [1.82, 2.24) is 9.78 Å². The van der Waals surface area contributed by atoms with Gasteiger partial charge in [-0.15, -0.1) is 0 Å². The molecule has 0 atom stereocenters. The van der Waals surface area contributed by atoms with Crippen molar-refractivity contribution in [2.75, 3.05) is 5.73 Å². The molecule has 2 N–H and O–H groups in total. The molecule has 0 radical (unpaired) electrons. The van der Waals surface area contributed by atoms with Gasteiger partial charge in [0.1, 0.15) is 6.07 Å². The van der Waals surface area contributed by atoms with Crippen LogP contribution in [-0.2, 0) is 0 Å². The smallest absolute Gasteiger partial charge is 0.101 e. The van der Waals surface area contributed by atoms with Crippen molar-refractivity contribution in [2.45, 2.75) is 13.8 Å². The average molecular weight is 291 g/mol. The number of nitrogen functional groups attached to an aromatic ring is 1. The van der Waals surface area contributed by atoms with Crippen LogP contribution >= 0.6 is 15.9 Å². The van der Waals surface area contributed by atoms with E-state index in [-0.39, 0.29) is 0 Å². The Bertz CT molecular complexity index is 622. The Morgan fingerprint density at radius 3 is 2.65 bits per heavy atom. The van der Waals surface area contributed by atoms with Crippen LogP contribution < -0.4 is 5.73 Å². The first kappa shape index (κ1) is 11.7. The molecule has 0 unspecified atom stereocenters. The van der Waals surface area contributed by atoms with Crippen molar-refractivity contribution in [1.29, 1.82) is 5.26 Å². The molecule has 1 heterocycles. The number of aryl methyl sites for hydroxylation is 1. The number of rotatable bonds is 1. The van der Waals surface area contributed by atoms with Gasteiger partial charge in [-0.3, -0.25) is 0 Å². The number of hydrogen-bond donors (Lipinski definition) is 1. The molecule has 4 nitrogen and oxygen atoms in total.